The summed E-state index contributed by atoms with van der Waals surface area (Å²) in [5.74, 6) is -1.03. The molecule has 0 aromatic carbocycles. The third kappa shape index (κ3) is 5.75. The highest BCUT2D eigenvalue weighted by molar-refractivity contribution is 7.99. The highest BCUT2D eigenvalue weighted by atomic mass is 32.2. The molecular weight excluding hydrogens is 278 g/mol. The number of nitrogens with zero attached hydrogens (tertiary/aromatic N) is 3. The number of aliphatic carboxylic acids is 1. The third-order valence-corrected chi connectivity index (χ3v) is 3.49. The minimum Gasteiger partial charge on any atom is -0.481 e. The van der Waals surface area contributed by atoms with Crippen molar-refractivity contribution in [3.8, 4) is 0 Å². The Labute approximate surface area is 122 Å². The van der Waals surface area contributed by atoms with E-state index in [1.807, 2.05) is 18.7 Å². The summed E-state index contributed by atoms with van der Waals surface area (Å²) in [7, 11) is 4.01. The number of carboxylic acid groups (broad SMARTS) is 1. The Morgan fingerprint density at radius 1 is 1.50 bits per heavy atom. The molecule has 20 heavy (non-hydrogen) atoms. The first-order chi connectivity index (χ1) is 9.19. The van der Waals surface area contributed by atoms with E-state index >= 15 is 0 Å². The highest BCUT2D eigenvalue weighted by Gasteiger charge is 2.21. The molecule has 0 aliphatic carbocycles. The van der Waals surface area contributed by atoms with Crippen molar-refractivity contribution in [3.63, 3.8) is 0 Å². The van der Waals surface area contributed by atoms with Gasteiger partial charge < -0.3 is 14.6 Å². The fourth-order valence-corrected chi connectivity index (χ4v) is 2.84. The molecule has 0 spiro atoms. The van der Waals surface area contributed by atoms with E-state index in [1.54, 1.807) is 6.20 Å². The maximum absolute atomic E-state index is 11.3. The summed E-state index contributed by atoms with van der Waals surface area (Å²) < 4.78 is 1.85. The lowest BCUT2D eigenvalue weighted by Gasteiger charge is -2.29. The standard InChI is InChI=1S/C13H21N3O3S/c1-13(2,8-15(3)4)9-16-6-5-10(17)14-12(16)20-7-11(18)19/h5-6H,7-9H2,1-4H3,(H,18,19). The molecule has 7 heteroatoms. The molecular formula is C13H21N3O3S. The molecule has 6 nitrogen and oxygen atoms in total. The Morgan fingerprint density at radius 3 is 2.70 bits per heavy atom. The lowest BCUT2D eigenvalue weighted by Crippen LogP contribution is -2.33. The van der Waals surface area contributed by atoms with Gasteiger partial charge in [-0.1, -0.05) is 25.6 Å². The van der Waals surface area contributed by atoms with Crippen LogP contribution in [0.3, 0.4) is 0 Å². The van der Waals surface area contributed by atoms with Crippen molar-refractivity contribution < 1.29 is 9.90 Å². The van der Waals surface area contributed by atoms with Crippen molar-refractivity contribution >= 4 is 17.7 Å². The zero-order valence-electron chi connectivity index (χ0n) is 12.3. The Morgan fingerprint density at radius 2 is 2.15 bits per heavy atom. The van der Waals surface area contributed by atoms with Gasteiger partial charge in [0, 0.05) is 25.4 Å². The van der Waals surface area contributed by atoms with Crippen LogP contribution in [0.1, 0.15) is 13.8 Å². The summed E-state index contributed by atoms with van der Waals surface area (Å²) in [5.41, 5.74) is -0.363. The zero-order valence-corrected chi connectivity index (χ0v) is 13.1. The number of carboxylic acids is 1. The summed E-state index contributed by atoms with van der Waals surface area (Å²) in [6, 6.07) is 1.40. The highest BCUT2D eigenvalue weighted by Crippen LogP contribution is 2.22. The molecule has 0 saturated carbocycles. The number of aromatic nitrogens is 2. The van der Waals surface area contributed by atoms with Crippen LogP contribution in [0.15, 0.2) is 22.2 Å². The van der Waals surface area contributed by atoms with Crippen LogP contribution < -0.4 is 5.56 Å². The summed E-state index contributed by atoms with van der Waals surface area (Å²) in [5, 5.41) is 9.19. The van der Waals surface area contributed by atoms with Crippen LogP contribution >= 0.6 is 11.8 Å². The fourth-order valence-electron chi connectivity index (χ4n) is 2.14. The molecule has 1 rings (SSSR count). The largest absolute Gasteiger partial charge is 0.481 e. The Kier molecular flexibility index (Phi) is 5.76. The van der Waals surface area contributed by atoms with Crippen molar-refractivity contribution in [1.29, 1.82) is 0 Å². The average Bonchev–Trinajstić information content (AvgIpc) is 2.27. The molecule has 0 unspecified atom stereocenters. The second kappa shape index (κ2) is 6.90. The van der Waals surface area contributed by atoms with Gasteiger partial charge in [-0.05, 0) is 19.5 Å². The van der Waals surface area contributed by atoms with Gasteiger partial charge in [-0.3, -0.25) is 9.59 Å². The minimum absolute atomic E-state index is 0.0151. The quantitative estimate of drug-likeness (QED) is 0.598. The molecule has 0 amide bonds. The average molecular weight is 299 g/mol. The van der Waals surface area contributed by atoms with E-state index < -0.39 is 5.97 Å². The van der Waals surface area contributed by atoms with Gasteiger partial charge in [0.15, 0.2) is 5.16 Å². The molecule has 0 radical (unpaired) electrons. The Hall–Kier alpha value is -1.34. The molecule has 1 heterocycles. The molecule has 0 fully saturated rings. The maximum atomic E-state index is 11.3. The monoisotopic (exact) mass is 299 g/mol. The molecule has 1 aromatic rings. The van der Waals surface area contributed by atoms with Crippen LogP contribution in [0, 0.1) is 5.41 Å². The van der Waals surface area contributed by atoms with Crippen molar-refractivity contribution in [2.24, 2.45) is 5.41 Å². The number of rotatable bonds is 7. The van der Waals surface area contributed by atoms with Crippen molar-refractivity contribution in [3.05, 3.63) is 22.6 Å². The van der Waals surface area contributed by atoms with Gasteiger partial charge in [0.05, 0.1) is 5.75 Å². The van der Waals surface area contributed by atoms with Gasteiger partial charge in [0.2, 0.25) is 0 Å². The van der Waals surface area contributed by atoms with E-state index in [2.05, 4.69) is 23.7 Å². The zero-order chi connectivity index (χ0) is 15.3. The maximum Gasteiger partial charge on any atom is 0.313 e. The smallest absolute Gasteiger partial charge is 0.313 e. The Bertz CT molecular complexity index is 526. The van der Waals surface area contributed by atoms with Gasteiger partial charge in [-0.25, -0.2) is 0 Å². The minimum atomic E-state index is -0.924. The van der Waals surface area contributed by atoms with Gasteiger partial charge in [0.1, 0.15) is 0 Å². The second-order valence-corrected chi connectivity index (χ2v) is 6.70. The predicted octanol–water partition coefficient (Wildman–Crippen LogP) is 1.01. The van der Waals surface area contributed by atoms with E-state index in [-0.39, 0.29) is 16.7 Å². The topological polar surface area (TPSA) is 75.4 Å². The molecule has 0 saturated heterocycles. The van der Waals surface area contributed by atoms with Crippen molar-refractivity contribution in [1.82, 2.24) is 14.5 Å². The number of hydrogen-bond donors (Lipinski definition) is 1. The SMILES string of the molecule is CN(C)CC(C)(C)Cn1ccc(=O)nc1SCC(=O)O. The van der Waals surface area contributed by atoms with E-state index in [0.29, 0.717) is 11.7 Å². The van der Waals surface area contributed by atoms with E-state index in [4.69, 9.17) is 5.11 Å². The number of carbonyl (C=O) groups is 1. The lowest BCUT2D eigenvalue weighted by atomic mass is 9.93. The first kappa shape index (κ1) is 16.7. The van der Waals surface area contributed by atoms with Crippen molar-refractivity contribution in [2.75, 3.05) is 26.4 Å². The normalized spacial score (nSPS) is 11.8. The van der Waals surface area contributed by atoms with Crippen LogP contribution in [-0.4, -0.2) is 51.9 Å². The second-order valence-electron chi connectivity index (χ2n) is 5.76. The van der Waals surface area contributed by atoms with Crippen molar-refractivity contribution in [2.45, 2.75) is 25.5 Å². The molecule has 1 aromatic heterocycles. The van der Waals surface area contributed by atoms with Gasteiger partial charge >= 0.3 is 5.97 Å². The van der Waals surface area contributed by atoms with Gasteiger partial charge in [0.25, 0.3) is 5.56 Å². The first-order valence-electron chi connectivity index (χ1n) is 6.26. The summed E-state index contributed by atoms with van der Waals surface area (Å²) >= 11 is 1.07. The van der Waals surface area contributed by atoms with Crippen LogP contribution in [-0.2, 0) is 11.3 Å². The van der Waals surface area contributed by atoms with Gasteiger partial charge in [-0.15, -0.1) is 0 Å². The predicted molar refractivity (Wildman–Crippen MR) is 79.2 cm³/mol. The fraction of sp³-hybridized carbons (Fsp3) is 0.615. The lowest BCUT2D eigenvalue weighted by molar-refractivity contribution is -0.133. The van der Waals surface area contributed by atoms with Gasteiger partial charge in [-0.2, -0.15) is 4.98 Å². The molecule has 0 bridgehead atoms. The van der Waals surface area contributed by atoms with Crippen LogP contribution in [0.2, 0.25) is 0 Å². The summed E-state index contributed by atoms with van der Waals surface area (Å²) in [6.45, 7) is 5.79. The molecule has 112 valence electrons. The van der Waals surface area contributed by atoms with Crippen LogP contribution in [0.4, 0.5) is 0 Å². The Balaban J connectivity index is 2.93. The van der Waals surface area contributed by atoms with E-state index in [0.717, 1.165) is 18.3 Å². The van der Waals surface area contributed by atoms with E-state index in [1.165, 1.54) is 6.07 Å². The summed E-state index contributed by atoms with van der Waals surface area (Å²) in [4.78, 5) is 28.0. The van der Waals surface area contributed by atoms with Crippen LogP contribution in [0.5, 0.6) is 0 Å². The first-order valence-corrected chi connectivity index (χ1v) is 7.25. The van der Waals surface area contributed by atoms with Crippen LogP contribution in [0.25, 0.3) is 0 Å². The summed E-state index contributed by atoms with van der Waals surface area (Å²) in [6.07, 6.45) is 1.68. The molecule has 0 atom stereocenters. The number of hydrogen-bond acceptors (Lipinski definition) is 5. The molecule has 0 aliphatic heterocycles. The number of thioether (sulfide) groups is 1. The third-order valence-electron chi connectivity index (χ3n) is 2.52. The molecule has 0 aliphatic rings. The van der Waals surface area contributed by atoms with E-state index in [9.17, 15) is 9.59 Å². The molecule has 1 N–H and O–H groups in total.